The Kier molecular flexibility index (Phi) is 9.81. The molecule has 0 saturated heterocycles. The van der Waals surface area contributed by atoms with E-state index in [2.05, 4.69) is 31.9 Å². The van der Waals surface area contributed by atoms with Gasteiger partial charge in [-0.2, -0.15) is 0 Å². The number of hydrogen-bond donors (Lipinski definition) is 2. The average Bonchev–Trinajstić information content (AvgIpc) is 3.11. The number of rotatable bonds is 8. The van der Waals surface area contributed by atoms with E-state index in [9.17, 15) is 0 Å². The van der Waals surface area contributed by atoms with E-state index in [0.29, 0.717) is 6.54 Å². The molecule has 2 rings (SSSR count). The predicted octanol–water partition coefficient (Wildman–Crippen LogP) is 2.05. The Labute approximate surface area is 159 Å². The molecule has 0 radical (unpaired) electrons. The Balaban J connectivity index is 0.00000288. The number of aryl methyl sites for hydroxylation is 1. The maximum Gasteiger partial charge on any atom is 0.191 e. The third kappa shape index (κ3) is 7.16. The van der Waals surface area contributed by atoms with Crippen LogP contribution in [-0.4, -0.2) is 41.4 Å². The summed E-state index contributed by atoms with van der Waals surface area (Å²) in [4.78, 5) is 4.23. The van der Waals surface area contributed by atoms with Crippen molar-refractivity contribution in [1.82, 2.24) is 25.4 Å². The van der Waals surface area contributed by atoms with E-state index in [1.807, 2.05) is 22.8 Å². The molecule has 24 heavy (non-hydrogen) atoms. The first-order valence-corrected chi connectivity index (χ1v) is 7.71. The Morgan fingerprint density at radius 3 is 2.71 bits per heavy atom. The molecule has 0 aliphatic heterocycles. The number of halogens is 1. The number of nitrogens with one attached hydrogen (secondary N) is 2. The van der Waals surface area contributed by atoms with Crippen LogP contribution in [0.15, 0.2) is 41.9 Å². The van der Waals surface area contributed by atoms with Crippen LogP contribution >= 0.6 is 24.0 Å². The minimum atomic E-state index is 0. The molecule has 0 spiro atoms. The molecule has 1 heterocycles. The Morgan fingerprint density at radius 1 is 1.21 bits per heavy atom. The van der Waals surface area contributed by atoms with E-state index in [4.69, 9.17) is 4.74 Å². The number of benzene rings is 1. The number of nitrogens with zero attached hydrogens (tertiary/aromatic N) is 4. The smallest absolute Gasteiger partial charge is 0.191 e. The normalized spacial score (nSPS) is 10.8. The van der Waals surface area contributed by atoms with Crippen molar-refractivity contribution in [2.24, 2.45) is 4.99 Å². The Morgan fingerprint density at radius 2 is 2.00 bits per heavy atom. The fourth-order valence-corrected chi connectivity index (χ4v) is 2.15. The zero-order chi connectivity index (χ0) is 16.3. The number of unbranched alkanes of at least 4 members (excludes halogenated alkanes) is 1. The summed E-state index contributed by atoms with van der Waals surface area (Å²) in [5, 5.41) is 14.2. The first-order chi connectivity index (χ1) is 11.3. The Hall–Kier alpha value is -1.84. The molecule has 0 unspecified atom stereocenters. The molecule has 0 amide bonds. The fourth-order valence-electron chi connectivity index (χ4n) is 2.15. The summed E-state index contributed by atoms with van der Waals surface area (Å²) in [6, 6.07) is 7.99. The van der Waals surface area contributed by atoms with Crippen molar-refractivity contribution in [1.29, 1.82) is 0 Å². The van der Waals surface area contributed by atoms with Crippen molar-refractivity contribution in [3.63, 3.8) is 0 Å². The molecule has 0 aliphatic rings. The van der Waals surface area contributed by atoms with Crippen LogP contribution in [0.3, 0.4) is 0 Å². The first-order valence-electron chi connectivity index (χ1n) is 7.71. The largest absolute Gasteiger partial charge is 0.497 e. The van der Waals surface area contributed by atoms with Crippen LogP contribution in [-0.2, 0) is 13.1 Å². The quantitative estimate of drug-likeness (QED) is 0.282. The van der Waals surface area contributed by atoms with Gasteiger partial charge in [-0.15, -0.1) is 34.2 Å². The van der Waals surface area contributed by atoms with E-state index in [-0.39, 0.29) is 24.0 Å². The maximum absolute atomic E-state index is 5.23. The van der Waals surface area contributed by atoms with Crippen molar-refractivity contribution >= 4 is 29.9 Å². The van der Waals surface area contributed by atoms with Gasteiger partial charge in [-0.25, -0.2) is 0 Å². The second-order valence-electron chi connectivity index (χ2n) is 5.11. The highest BCUT2D eigenvalue weighted by atomic mass is 127. The lowest BCUT2D eigenvalue weighted by Crippen LogP contribution is -2.37. The van der Waals surface area contributed by atoms with Gasteiger partial charge in [0, 0.05) is 26.7 Å². The number of ether oxygens (including phenoxy) is 1. The average molecular weight is 444 g/mol. The number of aliphatic imine (C=N–C) groups is 1. The maximum atomic E-state index is 5.23. The second-order valence-corrected chi connectivity index (χ2v) is 5.11. The van der Waals surface area contributed by atoms with Gasteiger partial charge in [0.15, 0.2) is 5.96 Å². The van der Waals surface area contributed by atoms with Crippen molar-refractivity contribution in [3.8, 4) is 5.75 Å². The summed E-state index contributed by atoms with van der Waals surface area (Å²) in [6.07, 6.45) is 5.60. The van der Waals surface area contributed by atoms with Crippen LogP contribution in [0.4, 0.5) is 0 Å². The Bertz CT molecular complexity index is 602. The molecule has 2 aromatic rings. The first kappa shape index (κ1) is 20.2. The van der Waals surface area contributed by atoms with Gasteiger partial charge in [-0.1, -0.05) is 12.1 Å². The summed E-state index contributed by atoms with van der Waals surface area (Å²) in [5.41, 5.74) is 1.15. The molecule has 2 N–H and O–H groups in total. The van der Waals surface area contributed by atoms with Gasteiger partial charge in [0.1, 0.15) is 18.4 Å². The van der Waals surface area contributed by atoms with Gasteiger partial charge < -0.3 is 19.9 Å². The van der Waals surface area contributed by atoms with Crippen molar-refractivity contribution in [2.45, 2.75) is 25.9 Å². The van der Waals surface area contributed by atoms with E-state index < -0.39 is 0 Å². The number of hydrogen-bond acceptors (Lipinski definition) is 4. The zero-order valence-electron chi connectivity index (χ0n) is 14.1. The van der Waals surface area contributed by atoms with Gasteiger partial charge in [-0.3, -0.25) is 4.99 Å². The summed E-state index contributed by atoms with van der Waals surface area (Å²) in [6.45, 7) is 2.52. The third-order valence-corrected chi connectivity index (χ3v) is 3.42. The van der Waals surface area contributed by atoms with Crippen molar-refractivity contribution in [2.75, 3.05) is 20.7 Å². The molecular weight excluding hydrogens is 419 g/mol. The molecule has 0 atom stereocenters. The van der Waals surface area contributed by atoms with Gasteiger partial charge in [-0.05, 0) is 30.5 Å². The van der Waals surface area contributed by atoms with Crippen LogP contribution in [0.1, 0.15) is 18.4 Å². The molecular formula is C16H25IN6O. The fraction of sp³-hybridized carbons (Fsp3) is 0.438. The van der Waals surface area contributed by atoms with Crippen molar-refractivity contribution in [3.05, 3.63) is 42.5 Å². The van der Waals surface area contributed by atoms with Gasteiger partial charge >= 0.3 is 0 Å². The SMILES string of the molecule is CN=C(NCCCCn1cnnc1)NCc1cccc(OC)c1.I. The summed E-state index contributed by atoms with van der Waals surface area (Å²) >= 11 is 0. The molecule has 0 fully saturated rings. The highest BCUT2D eigenvalue weighted by Gasteiger charge is 2.00. The van der Waals surface area contributed by atoms with Crippen LogP contribution in [0.25, 0.3) is 0 Å². The number of guanidine groups is 1. The lowest BCUT2D eigenvalue weighted by molar-refractivity contribution is 0.414. The van der Waals surface area contributed by atoms with Crippen LogP contribution in [0.2, 0.25) is 0 Å². The van der Waals surface area contributed by atoms with E-state index in [1.165, 1.54) is 0 Å². The summed E-state index contributed by atoms with van der Waals surface area (Å²) in [5.74, 6) is 1.67. The molecule has 0 saturated carbocycles. The molecule has 1 aromatic carbocycles. The zero-order valence-corrected chi connectivity index (χ0v) is 16.4. The number of aromatic nitrogens is 3. The molecule has 7 nitrogen and oxygen atoms in total. The molecule has 1 aromatic heterocycles. The molecule has 0 bridgehead atoms. The van der Waals surface area contributed by atoms with E-state index >= 15 is 0 Å². The lowest BCUT2D eigenvalue weighted by Gasteiger charge is -2.12. The van der Waals surface area contributed by atoms with E-state index in [1.54, 1.807) is 26.8 Å². The van der Waals surface area contributed by atoms with Gasteiger partial charge in [0.25, 0.3) is 0 Å². The van der Waals surface area contributed by atoms with Gasteiger partial charge in [0.2, 0.25) is 0 Å². The summed E-state index contributed by atoms with van der Waals surface area (Å²) < 4.78 is 7.21. The molecule has 132 valence electrons. The highest BCUT2D eigenvalue weighted by Crippen LogP contribution is 2.11. The lowest BCUT2D eigenvalue weighted by atomic mass is 10.2. The minimum Gasteiger partial charge on any atom is -0.497 e. The molecule has 8 heteroatoms. The number of methoxy groups -OCH3 is 1. The highest BCUT2D eigenvalue weighted by molar-refractivity contribution is 14.0. The van der Waals surface area contributed by atoms with Crippen LogP contribution in [0, 0.1) is 0 Å². The topological polar surface area (TPSA) is 76.4 Å². The second kappa shape index (κ2) is 11.7. The monoisotopic (exact) mass is 444 g/mol. The van der Waals surface area contributed by atoms with Crippen LogP contribution < -0.4 is 15.4 Å². The van der Waals surface area contributed by atoms with Crippen LogP contribution in [0.5, 0.6) is 5.75 Å². The van der Waals surface area contributed by atoms with Gasteiger partial charge in [0.05, 0.1) is 7.11 Å². The predicted molar refractivity (Wildman–Crippen MR) is 106 cm³/mol. The minimum absolute atomic E-state index is 0. The third-order valence-electron chi connectivity index (χ3n) is 3.42. The standard InChI is InChI=1S/C16H24N6O.HI/c1-17-16(18-8-3-4-9-22-12-20-21-13-22)19-11-14-6-5-7-15(10-14)23-2;/h5-7,10,12-13H,3-4,8-9,11H2,1-2H3,(H2,17,18,19);1H. The van der Waals surface area contributed by atoms with E-state index in [0.717, 1.165) is 43.2 Å². The molecule has 0 aliphatic carbocycles. The van der Waals surface area contributed by atoms with Crippen molar-refractivity contribution < 1.29 is 4.74 Å². The summed E-state index contributed by atoms with van der Waals surface area (Å²) in [7, 11) is 3.45.